The van der Waals surface area contributed by atoms with E-state index in [1.54, 1.807) is 0 Å². The summed E-state index contributed by atoms with van der Waals surface area (Å²) in [4.78, 5) is 0. The van der Waals surface area contributed by atoms with Gasteiger partial charge in [-0.15, -0.1) is 0 Å². The van der Waals surface area contributed by atoms with Crippen molar-refractivity contribution in [2.24, 2.45) is 0 Å². The van der Waals surface area contributed by atoms with Gasteiger partial charge in [0, 0.05) is 33.4 Å². The molecule has 4 rings (SSSR count). The summed E-state index contributed by atoms with van der Waals surface area (Å²) >= 11 is 0. The SMILES string of the molecule is CCc1cc(C#Cc2ccc(C#Cc3ccc(C)cc3)c(CC)c2)ccc1C#Cc1ccc(C)cc1. The van der Waals surface area contributed by atoms with Crippen LogP contribution < -0.4 is 0 Å². The summed E-state index contributed by atoms with van der Waals surface area (Å²) in [7, 11) is 0. The van der Waals surface area contributed by atoms with E-state index in [9.17, 15) is 0 Å². The van der Waals surface area contributed by atoms with Gasteiger partial charge in [0.15, 0.2) is 0 Å². The van der Waals surface area contributed by atoms with Crippen LogP contribution in [0.1, 0.15) is 69.5 Å². The van der Waals surface area contributed by atoms with Gasteiger partial charge in [0.1, 0.15) is 0 Å². The Morgan fingerprint density at radius 2 is 0.750 bits per heavy atom. The fourth-order valence-electron chi connectivity index (χ4n) is 3.87. The van der Waals surface area contributed by atoms with Crippen molar-refractivity contribution in [3.63, 3.8) is 0 Å². The molecule has 0 aliphatic heterocycles. The van der Waals surface area contributed by atoms with Crippen LogP contribution in [0.2, 0.25) is 0 Å². The first-order valence-corrected chi connectivity index (χ1v) is 12.5. The first-order valence-electron chi connectivity index (χ1n) is 12.5. The normalized spacial score (nSPS) is 9.78. The largest absolute Gasteiger partial charge is 0.0616 e. The van der Waals surface area contributed by atoms with E-state index in [0.717, 1.165) is 46.2 Å². The molecule has 36 heavy (non-hydrogen) atoms. The molecule has 0 amide bonds. The summed E-state index contributed by atoms with van der Waals surface area (Å²) in [5.41, 5.74) is 11.1. The predicted molar refractivity (Wildman–Crippen MR) is 152 cm³/mol. The van der Waals surface area contributed by atoms with E-state index in [2.05, 4.69) is 148 Å². The lowest BCUT2D eigenvalue weighted by molar-refractivity contribution is 1.13. The number of rotatable bonds is 2. The molecule has 4 aromatic rings. The molecule has 0 unspecified atom stereocenters. The Bertz CT molecular complexity index is 1430. The molecule has 0 aromatic heterocycles. The van der Waals surface area contributed by atoms with Crippen LogP contribution in [0.25, 0.3) is 0 Å². The summed E-state index contributed by atoms with van der Waals surface area (Å²) in [6, 6.07) is 29.3. The van der Waals surface area contributed by atoms with E-state index in [1.807, 2.05) is 0 Å². The number of hydrogen-bond acceptors (Lipinski definition) is 0. The van der Waals surface area contributed by atoms with Crippen molar-refractivity contribution in [3.05, 3.63) is 141 Å². The van der Waals surface area contributed by atoms with Crippen LogP contribution in [-0.2, 0) is 12.8 Å². The Labute approximate surface area is 216 Å². The molecule has 0 heteroatoms. The molecule has 0 heterocycles. The summed E-state index contributed by atoms with van der Waals surface area (Å²) in [6.45, 7) is 8.50. The molecule has 0 bridgehead atoms. The first kappa shape index (κ1) is 24.7. The Balaban J connectivity index is 1.54. The van der Waals surface area contributed by atoms with Crippen molar-refractivity contribution in [3.8, 4) is 35.5 Å². The van der Waals surface area contributed by atoms with Gasteiger partial charge in [-0.3, -0.25) is 0 Å². The third-order valence-electron chi connectivity index (χ3n) is 6.11. The molecule has 0 fully saturated rings. The molecule has 0 saturated heterocycles. The van der Waals surface area contributed by atoms with Crippen molar-refractivity contribution in [1.82, 2.24) is 0 Å². The second-order valence-corrected chi connectivity index (χ2v) is 8.93. The van der Waals surface area contributed by atoms with Gasteiger partial charge in [-0.1, -0.05) is 84.8 Å². The maximum atomic E-state index is 3.34. The minimum Gasteiger partial charge on any atom is -0.0616 e. The van der Waals surface area contributed by atoms with Crippen LogP contribution in [0.4, 0.5) is 0 Å². The van der Waals surface area contributed by atoms with E-state index < -0.39 is 0 Å². The van der Waals surface area contributed by atoms with E-state index in [4.69, 9.17) is 0 Å². The molecule has 0 N–H and O–H groups in total. The van der Waals surface area contributed by atoms with Gasteiger partial charge in [-0.05, 0) is 98.5 Å². The van der Waals surface area contributed by atoms with Crippen LogP contribution in [-0.4, -0.2) is 0 Å². The number of hydrogen-bond donors (Lipinski definition) is 0. The summed E-state index contributed by atoms with van der Waals surface area (Å²) in [6.07, 6.45) is 1.84. The molecule has 0 nitrogen and oxygen atoms in total. The summed E-state index contributed by atoms with van der Waals surface area (Å²) in [5, 5.41) is 0. The zero-order valence-corrected chi connectivity index (χ0v) is 21.5. The standard InChI is InChI=1S/C36H30/c1-5-33-25-31(19-23-35(33)21-17-29-11-7-27(3)8-12-29)15-16-32-20-24-36(34(6-2)26-32)22-18-30-13-9-28(4)10-14-30/h7-14,19-20,23-26H,5-6H2,1-4H3. The molecule has 0 aliphatic rings. The van der Waals surface area contributed by atoms with Crippen molar-refractivity contribution in [2.75, 3.05) is 0 Å². The molecule has 0 aliphatic carbocycles. The highest BCUT2D eigenvalue weighted by Crippen LogP contribution is 2.15. The van der Waals surface area contributed by atoms with E-state index in [1.165, 1.54) is 22.3 Å². The van der Waals surface area contributed by atoms with Crippen LogP contribution >= 0.6 is 0 Å². The average molecular weight is 463 g/mol. The van der Waals surface area contributed by atoms with Crippen LogP contribution in [0, 0.1) is 49.4 Å². The molecule has 0 saturated carbocycles. The summed E-state index contributed by atoms with van der Waals surface area (Å²) < 4.78 is 0. The number of aryl methyl sites for hydroxylation is 4. The van der Waals surface area contributed by atoms with Gasteiger partial charge in [0.25, 0.3) is 0 Å². The molecule has 0 spiro atoms. The fourth-order valence-corrected chi connectivity index (χ4v) is 3.87. The second kappa shape index (κ2) is 11.8. The van der Waals surface area contributed by atoms with Gasteiger partial charge in [-0.2, -0.15) is 0 Å². The highest BCUT2D eigenvalue weighted by Gasteiger charge is 2.01. The van der Waals surface area contributed by atoms with Crippen molar-refractivity contribution < 1.29 is 0 Å². The lowest BCUT2D eigenvalue weighted by atomic mass is 10.00. The number of benzene rings is 4. The van der Waals surface area contributed by atoms with Crippen LogP contribution in [0.5, 0.6) is 0 Å². The molecular formula is C36H30. The molecule has 0 radical (unpaired) electrons. The third-order valence-corrected chi connectivity index (χ3v) is 6.11. The van der Waals surface area contributed by atoms with Crippen LogP contribution in [0.15, 0.2) is 84.9 Å². The fraction of sp³-hybridized carbons (Fsp3) is 0.167. The Kier molecular flexibility index (Phi) is 8.09. The van der Waals surface area contributed by atoms with Crippen LogP contribution in [0.3, 0.4) is 0 Å². The predicted octanol–water partition coefficient (Wildman–Crippen LogP) is 7.63. The van der Waals surface area contributed by atoms with Gasteiger partial charge in [0.2, 0.25) is 0 Å². The highest BCUT2D eigenvalue weighted by atomic mass is 14.0. The average Bonchev–Trinajstić information content (AvgIpc) is 2.91. The Morgan fingerprint density at radius 1 is 0.417 bits per heavy atom. The van der Waals surface area contributed by atoms with Gasteiger partial charge < -0.3 is 0 Å². The maximum Gasteiger partial charge on any atom is 0.0281 e. The lowest BCUT2D eigenvalue weighted by Gasteiger charge is -2.03. The summed E-state index contributed by atoms with van der Waals surface area (Å²) in [5.74, 6) is 19.9. The molecule has 174 valence electrons. The van der Waals surface area contributed by atoms with E-state index in [-0.39, 0.29) is 0 Å². The second-order valence-electron chi connectivity index (χ2n) is 8.93. The lowest BCUT2D eigenvalue weighted by Crippen LogP contribution is -1.91. The van der Waals surface area contributed by atoms with Gasteiger partial charge in [0.05, 0.1) is 0 Å². The molecule has 0 atom stereocenters. The van der Waals surface area contributed by atoms with Crippen molar-refractivity contribution in [2.45, 2.75) is 40.5 Å². The molecular weight excluding hydrogens is 432 g/mol. The zero-order valence-electron chi connectivity index (χ0n) is 21.5. The van der Waals surface area contributed by atoms with Gasteiger partial charge >= 0.3 is 0 Å². The smallest absolute Gasteiger partial charge is 0.0281 e. The zero-order chi connectivity index (χ0) is 25.3. The Morgan fingerprint density at radius 3 is 1.11 bits per heavy atom. The highest BCUT2D eigenvalue weighted by molar-refractivity contribution is 5.54. The quantitative estimate of drug-likeness (QED) is 0.269. The maximum absolute atomic E-state index is 3.34. The monoisotopic (exact) mass is 462 g/mol. The minimum atomic E-state index is 0.918. The Hall–Kier alpha value is -4.44. The van der Waals surface area contributed by atoms with E-state index in [0.29, 0.717) is 0 Å². The first-order chi connectivity index (χ1) is 17.5. The van der Waals surface area contributed by atoms with Crippen molar-refractivity contribution in [1.29, 1.82) is 0 Å². The topological polar surface area (TPSA) is 0 Å². The van der Waals surface area contributed by atoms with Crippen molar-refractivity contribution >= 4 is 0 Å². The third kappa shape index (κ3) is 6.57. The molecule has 4 aromatic carbocycles. The minimum absolute atomic E-state index is 0.918. The van der Waals surface area contributed by atoms with E-state index >= 15 is 0 Å². The van der Waals surface area contributed by atoms with Gasteiger partial charge in [-0.25, -0.2) is 0 Å².